The van der Waals surface area contributed by atoms with Gasteiger partial charge in [-0.2, -0.15) is 0 Å². The van der Waals surface area contributed by atoms with E-state index < -0.39 is 17.5 Å². The number of rotatable bonds is 5. The number of allylic oxidation sites excluding steroid dienone is 2. The van der Waals surface area contributed by atoms with Crippen molar-refractivity contribution >= 4 is 5.91 Å². The molecule has 108 valence electrons. The normalized spacial score (nSPS) is 12.4. The van der Waals surface area contributed by atoms with Gasteiger partial charge in [-0.15, -0.1) is 0 Å². The molecule has 1 aromatic carbocycles. The lowest BCUT2D eigenvalue weighted by Crippen LogP contribution is -2.26. The Kier molecular flexibility index (Phi) is 5.90. The van der Waals surface area contributed by atoms with Gasteiger partial charge >= 0.3 is 0 Å². The standard InChI is InChI=1S/C15H18F2N2O/c1-3-4-6-11(10(2)18)15(20)19-9-12-13(16)7-5-8-14(12)17/h4-8H,3,9,18H2,1-2H3,(H,19,20)/b6-4-,11-10-. The molecule has 0 atom stereocenters. The molecule has 1 amide bonds. The fourth-order valence-corrected chi connectivity index (χ4v) is 1.59. The Balaban J connectivity index is 2.81. The first-order chi connectivity index (χ1) is 9.47. The average molecular weight is 280 g/mol. The molecule has 0 saturated heterocycles. The lowest BCUT2D eigenvalue weighted by atomic mass is 10.1. The predicted molar refractivity (Wildman–Crippen MR) is 74.5 cm³/mol. The van der Waals surface area contributed by atoms with E-state index in [1.807, 2.05) is 6.92 Å². The third-order valence-electron chi connectivity index (χ3n) is 2.68. The molecule has 0 aliphatic carbocycles. The fraction of sp³-hybridized carbons (Fsp3) is 0.267. The molecule has 0 spiro atoms. The molecule has 0 radical (unpaired) electrons. The zero-order chi connectivity index (χ0) is 15.1. The third kappa shape index (κ3) is 4.19. The van der Waals surface area contributed by atoms with Gasteiger partial charge in [-0.25, -0.2) is 8.78 Å². The van der Waals surface area contributed by atoms with Crippen LogP contribution in [0.4, 0.5) is 8.78 Å². The Morgan fingerprint density at radius 1 is 1.35 bits per heavy atom. The molecule has 0 unspecified atom stereocenters. The molecule has 0 heterocycles. The van der Waals surface area contributed by atoms with Crippen LogP contribution in [0.3, 0.4) is 0 Å². The topological polar surface area (TPSA) is 55.1 Å². The van der Waals surface area contributed by atoms with Crippen molar-refractivity contribution in [2.45, 2.75) is 26.8 Å². The molecule has 0 bridgehead atoms. The summed E-state index contributed by atoms with van der Waals surface area (Å²) in [6.07, 6.45) is 4.14. The molecule has 0 saturated carbocycles. The summed E-state index contributed by atoms with van der Waals surface area (Å²) < 4.78 is 26.8. The molecule has 1 aromatic rings. The van der Waals surface area contributed by atoms with Crippen LogP contribution in [0.5, 0.6) is 0 Å². The van der Waals surface area contributed by atoms with Crippen LogP contribution in [-0.2, 0) is 11.3 Å². The number of hydrogen-bond acceptors (Lipinski definition) is 2. The molecule has 1 rings (SSSR count). The molecular formula is C15H18F2N2O. The van der Waals surface area contributed by atoms with Crippen molar-refractivity contribution in [1.82, 2.24) is 5.32 Å². The summed E-state index contributed by atoms with van der Waals surface area (Å²) in [4.78, 5) is 11.9. The van der Waals surface area contributed by atoms with Crippen molar-refractivity contribution in [3.05, 3.63) is 58.8 Å². The molecule has 0 aliphatic rings. The van der Waals surface area contributed by atoms with E-state index in [9.17, 15) is 13.6 Å². The van der Waals surface area contributed by atoms with E-state index in [1.165, 1.54) is 6.07 Å². The predicted octanol–water partition coefficient (Wildman–Crippen LogP) is 2.78. The Morgan fingerprint density at radius 2 is 1.95 bits per heavy atom. The van der Waals surface area contributed by atoms with Crippen molar-refractivity contribution in [1.29, 1.82) is 0 Å². The lowest BCUT2D eigenvalue weighted by molar-refractivity contribution is -0.117. The average Bonchev–Trinajstić information content (AvgIpc) is 2.38. The molecule has 20 heavy (non-hydrogen) atoms. The quantitative estimate of drug-likeness (QED) is 0.643. The molecule has 5 heteroatoms. The van der Waals surface area contributed by atoms with Gasteiger partial charge in [-0.05, 0) is 25.5 Å². The van der Waals surface area contributed by atoms with Gasteiger partial charge in [0, 0.05) is 17.8 Å². The van der Waals surface area contributed by atoms with E-state index in [1.54, 1.807) is 19.1 Å². The van der Waals surface area contributed by atoms with Gasteiger partial charge in [0.1, 0.15) is 11.6 Å². The van der Waals surface area contributed by atoms with Gasteiger partial charge in [0.2, 0.25) is 0 Å². The highest BCUT2D eigenvalue weighted by Gasteiger charge is 2.12. The molecule has 0 fully saturated rings. The SMILES string of the molecule is CC/C=C\C(C(=O)NCc1c(F)cccc1F)=C(/C)N. The highest BCUT2D eigenvalue weighted by Crippen LogP contribution is 2.12. The molecule has 0 aliphatic heterocycles. The number of nitrogens with one attached hydrogen (secondary N) is 1. The van der Waals surface area contributed by atoms with Gasteiger partial charge in [0.05, 0.1) is 5.57 Å². The van der Waals surface area contributed by atoms with Crippen LogP contribution in [0.1, 0.15) is 25.8 Å². The van der Waals surface area contributed by atoms with Crippen molar-refractivity contribution in [3.8, 4) is 0 Å². The first-order valence-electron chi connectivity index (χ1n) is 6.31. The maximum atomic E-state index is 13.4. The Bertz CT molecular complexity index is 527. The highest BCUT2D eigenvalue weighted by molar-refractivity contribution is 5.96. The molecule has 3 N–H and O–H groups in total. The van der Waals surface area contributed by atoms with Crippen molar-refractivity contribution in [2.24, 2.45) is 5.73 Å². The Labute approximate surface area is 117 Å². The summed E-state index contributed by atoms with van der Waals surface area (Å²) in [5.74, 6) is -1.84. The molecular weight excluding hydrogens is 262 g/mol. The number of halogens is 2. The largest absolute Gasteiger partial charge is 0.402 e. The zero-order valence-electron chi connectivity index (χ0n) is 11.5. The van der Waals surface area contributed by atoms with Crippen molar-refractivity contribution in [2.75, 3.05) is 0 Å². The first kappa shape index (κ1) is 15.9. The second-order valence-corrected chi connectivity index (χ2v) is 4.29. The minimum atomic E-state index is -0.690. The smallest absolute Gasteiger partial charge is 0.253 e. The van der Waals surface area contributed by atoms with Crippen LogP contribution in [-0.4, -0.2) is 5.91 Å². The van der Waals surface area contributed by atoms with E-state index in [4.69, 9.17) is 5.73 Å². The van der Waals surface area contributed by atoms with E-state index in [0.29, 0.717) is 11.3 Å². The zero-order valence-corrected chi connectivity index (χ0v) is 11.5. The summed E-state index contributed by atoms with van der Waals surface area (Å²) in [5.41, 5.74) is 6.10. The van der Waals surface area contributed by atoms with Crippen LogP contribution in [0.2, 0.25) is 0 Å². The fourth-order valence-electron chi connectivity index (χ4n) is 1.59. The van der Waals surface area contributed by atoms with Gasteiger partial charge in [0.25, 0.3) is 5.91 Å². The van der Waals surface area contributed by atoms with Gasteiger partial charge in [-0.1, -0.05) is 25.1 Å². The maximum Gasteiger partial charge on any atom is 0.253 e. The third-order valence-corrected chi connectivity index (χ3v) is 2.68. The maximum absolute atomic E-state index is 13.4. The number of hydrogen-bond donors (Lipinski definition) is 2. The minimum Gasteiger partial charge on any atom is -0.402 e. The monoisotopic (exact) mass is 280 g/mol. The summed E-state index contributed by atoms with van der Waals surface area (Å²) >= 11 is 0. The van der Waals surface area contributed by atoms with E-state index >= 15 is 0 Å². The minimum absolute atomic E-state index is 0.172. The van der Waals surface area contributed by atoms with Crippen molar-refractivity contribution in [3.63, 3.8) is 0 Å². The van der Waals surface area contributed by atoms with Crippen LogP contribution in [0, 0.1) is 11.6 Å². The number of amides is 1. The number of nitrogens with two attached hydrogens (primary N) is 1. The number of carbonyl (C=O) groups excluding carboxylic acids is 1. The second-order valence-electron chi connectivity index (χ2n) is 4.29. The first-order valence-corrected chi connectivity index (χ1v) is 6.31. The van der Waals surface area contributed by atoms with Gasteiger partial charge in [-0.3, -0.25) is 4.79 Å². The summed E-state index contributed by atoms with van der Waals surface area (Å²) in [6, 6.07) is 3.56. The Hall–Kier alpha value is -2.17. The van der Waals surface area contributed by atoms with Crippen LogP contribution < -0.4 is 11.1 Å². The van der Waals surface area contributed by atoms with E-state index in [-0.39, 0.29) is 12.1 Å². The van der Waals surface area contributed by atoms with Crippen LogP contribution in [0.15, 0.2) is 41.6 Å². The van der Waals surface area contributed by atoms with E-state index in [2.05, 4.69) is 5.32 Å². The highest BCUT2D eigenvalue weighted by atomic mass is 19.1. The lowest BCUT2D eigenvalue weighted by Gasteiger charge is -2.09. The van der Waals surface area contributed by atoms with Crippen LogP contribution >= 0.6 is 0 Å². The number of carbonyl (C=O) groups is 1. The van der Waals surface area contributed by atoms with Gasteiger partial charge in [0.15, 0.2) is 0 Å². The van der Waals surface area contributed by atoms with Gasteiger partial charge < -0.3 is 11.1 Å². The summed E-state index contributed by atoms with van der Waals surface area (Å²) in [5, 5.41) is 2.46. The second kappa shape index (κ2) is 7.43. The summed E-state index contributed by atoms with van der Waals surface area (Å²) in [6.45, 7) is 3.29. The Morgan fingerprint density at radius 3 is 2.45 bits per heavy atom. The van der Waals surface area contributed by atoms with Crippen molar-refractivity contribution < 1.29 is 13.6 Å². The summed E-state index contributed by atoms with van der Waals surface area (Å²) in [7, 11) is 0. The number of benzene rings is 1. The van der Waals surface area contributed by atoms with E-state index in [0.717, 1.165) is 18.6 Å². The molecule has 3 nitrogen and oxygen atoms in total. The molecule has 0 aromatic heterocycles. The van der Waals surface area contributed by atoms with Crippen LogP contribution in [0.25, 0.3) is 0 Å².